The maximum atomic E-state index is 5.86. The molecule has 0 bridgehead atoms. The van der Waals surface area contributed by atoms with E-state index >= 15 is 0 Å². The van der Waals surface area contributed by atoms with Crippen LogP contribution in [0.5, 0.6) is 5.75 Å². The van der Waals surface area contributed by atoms with Crippen LogP contribution in [0.4, 0.5) is 5.69 Å². The van der Waals surface area contributed by atoms with Crippen molar-refractivity contribution in [2.24, 2.45) is 0 Å². The molecule has 0 unspecified atom stereocenters. The Hall–Kier alpha value is -1.96. The van der Waals surface area contributed by atoms with Crippen molar-refractivity contribution in [3.05, 3.63) is 59.7 Å². The van der Waals surface area contributed by atoms with Gasteiger partial charge in [-0.1, -0.05) is 51.1 Å². The van der Waals surface area contributed by atoms with Crippen LogP contribution in [0.15, 0.2) is 48.5 Å². The zero-order chi connectivity index (χ0) is 15.3. The molecular weight excluding hydrogens is 258 g/mol. The minimum absolute atomic E-state index is 0.179. The molecule has 0 aliphatic rings. The van der Waals surface area contributed by atoms with Crippen LogP contribution < -0.4 is 10.1 Å². The standard InChI is InChI=1S/C19H25NO/c1-15-14-16(19(2,3)4)10-11-18(15)21-13-12-20-17-8-6-5-7-9-17/h5-11,14,20H,12-13H2,1-4H3. The van der Waals surface area contributed by atoms with Gasteiger partial charge in [-0.25, -0.2) is 0 Å². The SMILES string of the molecule is Cc1cc(C(C)(C)C)ccc1OCCNc1ccccc1. The van der Waals surface area contributed by atoms with Crippen LogP contribution in [0.1, 0.15) is 31.9 Å². The Morgan fingerprint density at radius 1 is 1.00 bits per heavy atom. The second-order valence-corrected chi connectivity index (χ2v) is 6.37. The van der Waals surface area contributed by atoms with Crippen LogP contribution in [0.25, 0.3) is 0 Å². The molecule has 0 atom stereocenters. The molecule has 2 heteroatoms. The van der Waals surface area contributed by atoms with Gasteiger partial charge in [0.05, 0.1) is 0 Å². The maximum Gasteiger partial charge on any atom is 0.122 e. The first-order valence-electron chi connectivity index (χ1n) is 7.50. The molecule has 2 nitrogen and oxygen atoms in total. The monoisotopic (exact) mass is 283 g/mol. The molecule has 21 heavy (non-hydrogen) atoms. The van der Waals surface area contributed by atoms with Crippen LogP contribution in [0.3, 0.4) is 0 Å². The molecule has 0 radical (unpaired) electrons. The summed E-state index contributed by atoms with van der Waals surface area (Å²) in [5, 5.41) is 3.34. The number of nitrogens with one attached hydrogen (secondary N) is 1. The fourth-order valence-corrected chi connectivity index (χ4v) is 2.19. The Kier molecular flexibility index (Phi) is 4.89. The fraction of sp³-hybridized carbons (Fsp3) is 0.368. The third kappa shape index (κ3) is 4.52. The Morgan fingerprint density at radius 2 is 1.71 bits per heavy atom. The van der Waals surface area contributed by atoms with E-state index in [2.05, 4.69) is 63.3 Å². The van der Waals surface area contributed by atoms with E-state index in [4.69, 9.17) is 4.74 Å². The Bertz CT molecular complexity index is 570. The van der Waals surface area contributed by atoms with Crippen molar-refractivity contribution < 1.29 is 4.74 Å². The molecule has 0 amide bonds. The van der Waals surface area contributed by atoms with E-state index < -0.39 is 0 Å². The third-order valence-corrected chi connectivity index (χ3v) is 3.50. The second kappa shape index (κ2) is 6.66. The highest BCUT2D eigenvalue weighted by Crippen LogP contribution is 2.27. The van der Waals surface area contributed by atoms with E-state index in [1.165, 1.54) is 11.1 Å². The first-order valence-corrected chi connectivity index (χ1v) is 7.50. The summed E-state index contributed by atoms with van der Waals surface area (Å²) in [5.74, 6) is 0.970. The van der Waals surface area contributed by atoms with Crippen molar-refractivity contribution >= 4 is 5.69 Å². The van der Waals surface area contributed by atoms with Crippen molar-refractivity contribution in [1.29, 1.82) is 0 Å². The molecule has 1 N–H and O–H groups in total. The number of hydrogen-bond donors (Lipinski definition) is 1. The number of aryl methyl sites for hydroxylation is 1. The minimum Gasteiger partial charge on any atom is -0.491 e. The maximum absolute atomic E-state index is 5.86. The van der Waals surface area contributed by atoms with Crippen molar-refractivity contribution in [2.45, 2.75) is 33.1 Å². The van der Waals surface area contributed by atoms with Crippen LogP contribution in [0, 0.1) is 6.92 Å². The molecule has 2 aromatic carbocycles. The number of rotatable bonds is 5. The highest BCUT2D eigenvalue weighted by molar-refractivity contribution is 5.42. The van der Waals surface area contributed by atoms with E-state index in [0.717, 1.165) is 18.0 Å². The lowest BCUT2D eigenvalue weighted by atomic mass is 9.86. The van der Waals surface area contributed by atoms with Gasteiger partial charge in [0.15, 0.2) is 0 Å². The molecule has 0 heterocycles. The topological polar surface area (TPSA) is 21.3 Å². The van der Waals surface area contributed by atoms with Gasteiger partial charge in [-0.05, 0) is 41.7 Å². The lowest BCUT2D eigenvalue weighted by Crippen LogP contribution is -2.13. The summed E-state index contributed by atoms with van der Waals surface area (Å²) in [4.78, 5) is 0. The van der Waals surface area contributed by atoms with Crippen molar-refractivity contribution in [3.8, 4) is 5.75 Å². The fourth-order valence-electron chi connectivity index (χ4n) is 2.19. The molecule has 0 spiro atoms. The first-order chi connectivity index (χ1) is 9.97. The van der Waals surface area contributed by atoms with Gasteiger partial charge in [-0.2, -0.15) is 0 Å². The molecule has 0 saturated carbocycles. The molecule has 0 aliphatic carbocycles. The van der Waals surface area contributed by atoms with Crippen LogP contribution >= 0.6 is 0 Å². The molecule has 0 fully saturated rings. The number of anilines is 1. The predicted molar refractivity (Wildman–Crippen MR) is 90.3 cm³/mol. The molecular formula is C19H25NO. The van der Waals surface area contributed by atoms with Crippen LogP contribution in [0.2, 0.25) is 0 Å². The Labute approximate surface area is 128 Å². The summed E-state index contributed by atoms with van der Waals surface area (Å²) in [7, 11) is 0. The van der Waals surface area contributed by atoms with Gasteiger partial charge in [0.2, 0.25) is 0 Å². The van der Waals surface area contributed by atoms with Crippen molar-refractivity contribution in [3.63, 3.8) is 0 Å². The van der Waals surface area contributed by atoms with Crippen LogP contribution in [-0.4, -0.2) is 13.2 Å². The number of hydrogen-bond acceptors (Lipinski definition) is 2. The van der Waals surface area contributed by atoms with Gasteiger partial charge in [-0.3, -0.25) is 0 Å². The first kappa shape index (κ1) is 15.4. The summed E-state index contributed by atoms with van der Waals surface area (Å²) in [6.45, 7) is 10.2. The van der Waals surface area contributed by atoms with Gasteiger partial charge >= 0.3 is 0 Å². The van der Waals surface area contributed by atoms with E-state index in [9.17, 15) is 0 Å². The summed E-state index contributed by atoms with van der Waals surface area (Å²) in [6.07, 6.45) is 0. The van der Waals surface area contributed by atoms with E-state index in [-0.39, 0.29) is 5.41 Å². The molecule has 2 aromatic rings. The molecule has 0 saturated heterocycles. The van der Waals surface area contributed by atoms with E-state index in [0.29, 0.717) is 6.61 Å². The molecule has 0 aliphatic heterocycles. The lowest BCUT2D eigenvalue weighted by molar-refractivity contribution is 0.330. The summed E-state index contributed by atoms with van der Waals surface area (Å²) >= 11 is 0. The second-order valence-electron chi connectivity index (χ2n) is 6.37. The largest absolute Gasteiger partial charge is 0.491 e. The molecule has 2 rings (SSSR count). The minimum atomic E-state index is 0.179. The van der Waals surface area contributed by atoms with Crippen LogP contribution in [-0.2, 0) is 5.41 Å². The third-order valence-electron chi connectivity index (χ3n) is 3.50. The zero-order valence-corrected chi connectivity index (χ0v) is 13.4. The number of para-hydroxylation sites is 1. The summed E-state index contributed by atoms with van der Waals surface area (Å²) in [5.41, 5.74) is 3.84. The highest BCUT2D eigenvalue weighted by atomic mass is 16.5. The van der Waals surface area contributed by atoms with Crippen molar-refractivity contribution in [1.82, 2.24) is 0 Å². The van der Waals surface area contributed by atoms with Gasteiger partial charge in [0, 0.05) is 12.2 Å². The molecule has 0 aromatic heterocycles. The number of ether oxygens (including phenoxy) is 1. The summed E-state index contributed by atoms with van der Waals surface area (Å²) < 4.78 is 5.86. The normalized spacial score (nSPS) is 11.2. The number of benzene rings is 2. The zero-order valence-electron chi connectivity index (χ0n) is 13.4. The smallest absolute Gasteiger partial charge is 0.122 e. The Morgan fingerprint density at radius 3 is 2.33 bits per heavy atom. The van der Waals surface area contributed by atoms with Crippen molar-refractivity contribution in [2.75, 3.05) is 18.5 Å². The van der Waals surface area contributed by atoms with E-state index in [1.54, 1.807) is 0 Å². The average molecular weight is 283 g/mol. The Balaban J connectivity index is 1.86. The lowest BCUT2D eigenvalue weighted by Gasteiger charge is -2.20. The van der Waals surface area contributed by atoms with Gasteiger partial charge < -0.3 is 10.1 Å². The highest BCUT2D eigenvalue weighted by Gasteiger charge is 2.14. The van der Waals surface area contributed by atoms with Gasteiger partial charge in [0.25, 0.3) is 0 Å². The summed E-state index contributed by atoms with van der Waals surface area (Å²) in [6, 6.07) is 16.6. The van der Waals surface area contributed by atoms with Gasteiger partial charge in [0.1, 0.15) is 12.4 Å². The average Bonchev–Trinajstić information content (AvgIpc) is 2.45. The van der Waals surface area contributed by atoms with E-state index in [1.807, 2.05) is 18.2 Å². The quantitative estimate of drug-likeness (QED) is 0.797. The molecule has 112 valence electrons. The predicted octanol–water partition coefficient (Wildman–Crippen LogP) is 4.78. The van der Waals surface area contributed by atoms with Gasteiger partial charge in [-0.15, -0.1) is 0 Å².